The molecule has 0 amide bonds. The van der Waals surface area contributed by atoms with E-state index in [4.69, 9.17) is 9.47 Å². The molecular weight excluding hydrogens is 200 g/mol. The maximum atomic E-state index is 5.65. The van der Waals surface area contributed by atoms with Gasteiger partial charge in [0.15, 0.2) is 0 Å². The highest BCUT2D eigenvalue weighted by molar-refractivity contribution is 5.33. The third-order valence-electron chi connectivity index (χ3n) is 2.33. The Kier molecular flexibility index (Phi) is 3.44. The van der Waals surface area contributed by atoms with Gasteiger partial charge in [0.25, 0.3) is 0 Å². The molecule has 0 aliphatic carbocycles. The molecule has 0 bridgehead atoms. The average Bonchev–Trinajstić information content (AvgIpc) is 2.38. The second-order valence-corrected chi connectivity index (χ2v) is 3.41. The minimum absolute atomic E-state index is 0.522. The fourth-order valence-corrected chi connectivity index (χ4v) is 1.50. The summed E-state index contributed by atoms with van der Waals surface area (Å²) in [4.78, 5) is 0. The van der Waals surface area contributed by atoms with Crippen LogP contribution in [0.2, 0.25) is 0 Å². The quantitative estimate of drug-likeness (QED) is 0.777. The van der Waals surface area contributed by atoms with Crippen LogP contribution >= 0.6 is 0 Å². The zero-order chi connectivity index (χ0) is 11.2. The van der Waals surface area contributed by atoms with Crippen LogP contribution in [0, 0.1) is 0 Å². The van der Waals surface area contributed by atoms with Crippen molar-refractivity contribution in [1.82, 2.24) is 0 Å². The summed E-state index contributed by atoms with van der Waals surface area (Å²) in [6, 6.07) is 17.6. The van der Waals surface area contributed by atoms with Gasteiger partial charge in [0.1, 0.15) is 18.1 Å². The highest BCUT2D eigenvalue weighted by Crippen LogP contribution is 2.19. The number of ether oxygens (including phenoxy) is 2. The molecule has 2 aromatic carbocycles. The molecule has 0 unspecified atom stereocenters. The molecule has 0 atom stereocenters. The van der Waals surface area contributed by atoms with Crippen molar-refractivity contribution in [3.05, 3.63) is 60.2 Å². The summed E-state index contributed by atoms with van der Waals surface area (Å²) in [5, 5.41) is 0. The SMILES string of the molecule is COc1ccccc1COc1ccccc1. The monoisotopic (exact) mass is 214 g/mol. The van der Waals surface area contributed by atoms with Gasteiger partial charge in [-0.1, -0.05) is 36.4 Å². The first-order chi connectivity index (χ1) is 7.90. The molecule has 0 aromatic heterocycles. The molecule has 0 spiro atoms. The van der Waals surface area contributed by atoms with Crippen molar-refractivity contribution < 1.29 is 9.47 Å². The van der Waals surface area contributed by atoms with Crippen molar-refractivity contribution >= 4 is 0 Å². The molecule has 2 heteroatoms. The van der Waals surface area contributed by atoms with Gasteiger partial charge in [-0.2, -0.15) is 0 Å². The van der Waals surface area contributed by atoms with Gasteiger partial charge >= 0.3 is 0 Å². The molecule has 0 heterocycles. The molecule has 2 rings (SSSR count). The maximum Gasteiger partial charge on any atom is 0.125 e. The predicted molar refractivity (Wildman–Crippen MR) is 63.8 cm³/mol. The van der Waals surface area contributed by atoms with Gasteiger partial charge in [-0.05, 0) is 18.2 Å². The molecule has 0 fully saturated rings. The summed E-state index contributed by atoms with van der Waals surface area (Å²) >= 11 is 0. The van der Waals surface area contributed by atoms with Crippen molar-refractivity contribution in [2.24, 2.45) is 0 Å². The topological polar surface area (TPSA) is 18.5 Å². The lowest BCUT2D eigenvalue weighted by atomic mass is 10.2. The lowest BCUT2D eigenvalue weighted by molar-refractivity contribution is 0.296. The van der Waals surface area contributed by atoms with E-state index in [2.05, 4.69) is 0 Å². The van der Waals surface area contributed by atoms with Crippen molar-refractivity contribution in [3.63, 3.8) is 0 Å². The molecule has 2 nitrogen and oxygen atoms in total. The second kappa shape index (κ2) is 5.21. The Morgan fingerprint density at radius 2 is 1.56 bits per heavy atom. The van der Waals surface area contributed by atoms with Crippen LogP contribution in [0.1, 0.15) is 5.56 Å². The molecule has 0 radical (unpaired) electrons. The van der Waals surface area contributed by atoms with Crippen LogP contribution in [-0.4, -0.2) is 7.11 Å². The molecule has 0 saturated carbocycles. The molecular formula is C14H14O2. The highest BCUT2D eigenvalue weighted by Gasteiger charge is 2.01. The van der Waals surface area contributed by atoms with Crippen molar-refractivity contribution in [1.29, 1.82) is 0 Å². The molecule has 82 valence electrons. The lowest BCUT2D eigenvalue weighted by Gasteiger charge is -2.09. The van der Waals surface area contributed by atoms with E-state index in [1.165, 1.54) is 0 Å². The summed E-state index contributed by atoms with van der Waals surface area (Å²) in [6.07, 6.45) is 0. The van der Waals surface area contributed by atoms with Crippen molar-refractivity contribution in [3.8, 4) is 11.5 Å². The van der Waals surface area contributed by atoms with E-state index in [0.29, 0.717) is 6.61 Å². The highest BCUT2D eigenvalue weighted by atomic mass is 16.5. The van der Waals surface area contributed by atoms with Crippen LogP contribution in [0.15, 0.2) is 54.6 Å². The van der Waals surface area contributed by atoms with Gasteiger partial charge < -0.3 is 9.47 Å². The molecule has 16 heavy (non-hydrogen) atoms. The van der Waals surface area contributed by atoms with E-state index in [0.717, 1.165) is 17.1 Å². The van der Waals surface area contributed by atoms with Crippen LogP contribution in [0.25, 0.3) is 0 Å². The Morgan fingerprint density at radius 1 is 0.875 bits per heavy atom. The van der Waals surface area contributed by atoms with Gasteiger partial charge in [-0.15, -0.1) is 0 Å². The van der Waals surface area contributed by atoms with E-state index < -0.39 is 0 Å². The smallest absolute Gasteiger partial charge is 0.125 e. The third kappa shape index (κ3) is 2.54. The van der Waals surface area contributed by atoms with Gasteiger partial charge in [-0.3, -0.25) is 0 Å². The zero-order valence-corrected chi connectivity index (χ0v) is 9.22. The zero-order valence-electron chi connectivity index (χ0n) is 9.22. The van der Waals surface area contributed by atoms with Crippen LogP contribution in [-0.2, 0) is 6.61 Å². The van der Waals surface area contributed by atoms with Gasteiger partial charge in [-0.25, -0.2) is 0 Å². The largest absolute Gasteiger partial charge is 0.496 e. The third-order valence-corrected chi connectivity index (χ3v) is 2.33. The Labute approximate surface area is 95.4 Å². The Morgan fingerprint density at radius 3 is 2.31 bits per heavy atom. The molecule has 0 saturated heterocycles. The number of para-hydroxylation sites is 2. The predicted octanol–water partition coefficient (Wildman–Crippen LogP) is 3.27. The van der Waals surface area contributed by atoms with Crippen LogP contribution in [0.5, 0.6) is 11.5 Å². The molecule has 2 aromatic rings. The number of methoxy groups -OCH3 is 1. The maximum absolute atomic E-state index is 5.65. The number of benzene rings is 2. The molecule has 0 aliphatic heterocycles. The minimum atomic E-state index is 0.522. The van der Waals surface area contributed by atoms with Gasteiger partial charge in [0, 0.05) is 5.56 Å². The summed E-state index contributed by atoms with van der Waals surface area (Å²) in [5.74, 6) is 1.73. The lowest BCUT2D eigenvalue weighted by Crippen LogP contribution is -1.98. The standard InChI is InChI=1S/C14H14O2/c1-15-14-10-6-5-7-12(14)11-16-13-8-3-2-4-9-13/h2-10H,11H2,1H3. The number of hydrogen-bond donors (Lipinski definition) is 0. The molecule has 0 N–H and O–H groups in total. The Bertz CT molecular complexity index is 437. The van der Waals surface area contributed by atoms with Crippen LogP contribution in [0.3, 0.4) is 0 Å². The summed E-state index contributed by atoms with van der Waals surface area (Å²) < 4.78 is 10.9. The number of hydrogen-bond acceptors (Lipinski definition) is 2. The van der Waals surface area contributed by atoms with E-state index in [-0.39, 0.29) is 0 Å². The average molecular weight is 214 g/mol. The summed E-state index contributed by atoms with van der Waals surface area (Å²) in [6.45, 7) is 0.522. The van der Waals surface area contributed by atoms with Crippen molar-refractivity contribution in [2.75, 3.05) is 7.11 Å². The van der Waals surface area contributed by atoms with Gasteiger partial charge in [0.05, 0.1) is 7.11 Å². The number of rotatable bonds is 4. The van der Waals surface area contributed by atoms with Crippen molar-refractivity contribution in [2.45, 2.75) is 6.61 Å². The first-order valence-electron chi connectivity index (χ1n) is 5.20. The minimum Gasteiger partial charge on any atom is -0.496 e. The Balaban J connectivity index is 2.05. The first kappa shape index (κ1) is 10.6. The van der Waals surface area contributed by atoms with Gasteiger partial charge in [0.2, 0.25) is 0 Å². The van der Waals surface area contributed by atoms with Crippen LogP contribution < -0.4 is 9.47 Å². The van der Waals surface area contributed by atoms with E-state index in [1.807, 2.05) is 54.6 Å². The Hall–Kier alpha value is -1.96. The first-order valence-corrected chi connectivity index (χ1v) is 5.20. The fourth-order valence-electron chi connectivity index (χ4n) is 1.50. The summed E-state index contributed by atoms with van der Waals surface area (Å²) in [7, 11) is 1.67. The van der Waals surface area contributed by atoms with E-state index in [1.54, 1.807) is 7.11 Å². The second-order valence-electron chi connectivity index (χ2n) is 3.41. The van der Waals surface area contributed by atoms with E-state index >= 15 is 0 Å². The van der Waals surface area contributed by atoms with E-state index in [9.17, 15) is 0 Å². The molecule has 0 aliphatic rings. The summed E-state index contributed by atoms with van der Waals surface area (Å²) in [5.41, 5.74) is 1.05. The van der Waals surface area contributed by atoms with Crippen LogP contribution in [0.4, 0.5) is 0 Å². The normalized spacial score (nSPS) is 9.81. The fraction of sp³-hybridized carbons (Fsp3) is 0.143.